The van der Waals surface area contributed by atoms with Crippen LogP contribution in [0.4, 0.5) is 0 Å². The van der Waals surface area contributed by atoms with Gasteiger partial charge in [0.05, 0.1) is 11.5 Å². The Bertz CT molecular complexity index is 805. The lowest BCUT2D eigenvalue weighted by Crippen LogP contribution is -2.33. The summed E-state index contributed by atoms with van der Waals surface area (Å²) in [7, 11) is -4.01. The molecule has 0 aliphatic heterocycles. The van der Waals surface area contributed by atoms with Crippen LogP contribution in [0.15, 0.2) is 59.5 Å². The van der Waals surface area contributed by atoms with Gasteiger partial charge in [0, 0.05) is 6.61 Å². The van der Waals surface area contributed by atoms with Gasteiger partial charge in [-0.25, -0.2) is 8.42 Å². The highest BCUT2D eigenvalue weighted by Gasteiger charge is 2.26. The molecule has 0 aromatic heterocycles. The summed E-state index contributed by atoms with van der Waals surface area (Å²) in [6.45, 7) is 3.27. The van der Waals surface area contributed by atoms with Crippen molar-refractivity contribution in [2.75, 3.05) is 19.8 Å². The fraction of sp³-hybridized carbons (Fsp3) is 0.278. The van der Waals surface area contributed by atoms with Gasteiger partial charge in [0.1, 0.15) is 18.4 Å². The van der Waals surface area contributed by atoms with Crippen molar-refractivity contribution >= 4 is 16.0 Å². The molecule has 0 radical (unpaired) electrons. The zero-order chi connectivity index (χ0) is 19.0. The molecule has 0 aliphatic carbocycles. The van der Waals surface area contributed by atoms with Crippen LogP contribution in [0, 0.1) is 0 Å². The summed E-state index contributed by atoms with van der Waals surface area (Å²) in [6, 6.07) is 12.5. The molecule has 1 atom stereocenters. The first-order valence-corrected chi connectivity index (χ1v) is 9.53. The minimum absolute atomic E-state index is 0.0446. The van der Waals surface area contributed by atoms with Gasteiger partial charge >= 0.3 is 5.97 Å². The fourth-order valence-corrected chi connectivity index (χ4v) is 3.39. The molecule has 0 spiro atoms. The highest BCUT2D eigenvalue weighted by molar-refractivity contribution is 7.89. The van der Waals surface area contributed by atoms with Crippen molar-refractivity contribution in [1.29, 1.82) is 0 Å². The Hall–Kier alpha value is -2.42. The van der Waals surface area contributed by atoms with Crippen molar-refractivity contribution in [2.24, 2.45) is 0 Å². The highest BCUT2D eigenvalue weighted by Crippen LogP contribution is 2.20. The topological polar surface area (TPSA) is 102 Å². The number of sulfonamides is 1. The van der Waals surface area contributed by atoms with Gasteiger partial charge in [-0.1, -0.05) is 30.3 Å². The Morgan fingerprint density at radius 2 is 1.73 bits per heavy atom. The van der Waals surface area contributed by atoms with Gasteiger partial charge in [-0.2, -0.15) is 4.72 Å². The van der Waals surface area contributed by atoms with Crippen molar-refractivity contribution in [2.45, 2.75) is 17.9 Å². The van der Waals surface area contributed by atoms with Gasteiger partial charge in [0.2, 0.25) is 10.0 Å². The molecule has 0 heterocycles. The standard InChI is InChI=1S/C18H21NO6S/c1-2-24-12-13-25-15-8-10-16(11-9-15)26(22,23)19-17(18(20)21)14-6-4-3-5-7-14/h3-11,17,19H,2,12-13H2,1H3,(H,20,21)/t17-/m1/s1. The maximum atomic E-state index is 12.5. The first-order chi connectivity index (χ1) is 12.4. The first kappa shape index (κ1) is 19.9. The molecule has 2 aromatic carbocycles. The second-order valence-electron chi connectivity index (χ2n) is 5.32. The quantitative estimate of drug-likeness (QED) is 0.614. The largest absolute Gasteiger partial charge is 0.491 e. The smallest absolute Gasteiger partial charge is 0.326 e. The van der Waals surface area contributed by atoms with E-state index in [2.05, 4.69) is 4.72 Å². The van der Waals surface area contributed by atoms with E-state index in [-0.39, 0.29) is 4.90 Å². The summed E-state index contributed by atoms with van der Waals surface area (Å²) in [5.41, 5.74) is 0.347. The third-order valence-corrected chi connectivity index (χ3v) is 4.93. The number of nitrogens with one attached hydrogen (secondary N) is 1. The van der Waals surface area contributed by atoms with E-state index in [1.165, 1.54) is 24.3 Å². The summed E-state index contributed by atoms with van der Waals surface area (Å²) in [6.07, 6.45) is 0. The number of ether oxygens (including phenoxy) is 2. The van der Waals surface area contributed by atoms with E-state index in [0.29, 0.717) is 31.1 Å². The monoisotopic (exact) mass is 379 g/mol. The van der Waals surface area contributed by atoms with Crippen molar-refractivity contribution in [3.8, 4) is 5.75 Å². The van der Waals surface area contributed by atoms with Gasteiger partial charge in [-0.3, -0.25) is 4.79 Å². The molecule has 0 amide bonds. The summed E-state index contributed by atoms with van der Waals surface area (Å²) >= 11 is 0. The van der Waals surface area contributed by atoms with Crippen LogP contribution in [0.2, 0.25) is 0 Å². The Balaban J connectivity index is 2.10. The Kier molecular flexibility index (Phi) is 7.14. The van der Waals surface area contributed by atoms with Crippen LogP contribution < -0.4 is 9.46 Å². The first-order valence-electron chi connectivity index (χ1n) is 8.04. The number of hydrogen-bond acceptors (Lipinski definition) is 5. The number of carbonyl (C=O) groups is 1. The minimum Gasteiger partial charge on any atom is -0.491 e. The van der Waals surface area contributed by atoms with Crippen LogP contribution in [0.3, 0.4) is 0 Å². The zero-order valence-corrected chi connectivity index (χ0v) is 15.1. The number of benzene rings is 2. The number of rotatable bonds is 10. The molecular weight excluding hydrogens is 358 g/mol. The van der Waals surface area contributed by atoms with E-state index in [0.717, 1.165) is 0 Å². The van der Waals surface area contributed by atoms with Gasteiger partial charge in [0.15, 0.2) is 0 Å². The maximum absolute atomic E-state index is 12.5. The Morgan fingerprint density at radius 3 is 2.31 bits per heavy atom. The molecule has 2 N–H and O–H groups in total. The van der Waals surface area contributed by atoms with E-state index >= 15 is 0 Å². The molecule has 0 saturated heterocycles. The number of carboxylic acid groups (broad SMARTS) is 1. The Morgan fingerprint density at radius 1 is 1.08 bits per heavy atom. The van der Waals surface area contributed by atoms with E-state index in [4.69, 9.17) is 9.47 Å². The van der Waals surface area contributed by atoms with Crippen LogP contribution >= 0.6 is 0 Å². The van der Waals surface area contributed by atoms with Crippen molar-refractivity contribution < 1.29 is 27.8 Å². The molecule has 8 heteroatoms. The van der Waals surface area contributed by atoms with E-state index in [1.54, 1.807) is 30.3 Å². The lowest BCUT2D eigenvalue weighted by atomic mass is 10.1. The summed E-state index contributed by atoms with van der Waals surface area (Å²) in [5.74, 6) is -0.780. The average molecular weight is 379 g/mol. The van der Waals surface area contributed by atoms with Gasteiger partial charge < -0.3 is 14.6 Å². The van der Waals surface area contributed by atoms with Crippen LogP contribution in [0.25, 0.3) is 0 Å². The highest BCUT2D eigenvalue weighted by atomic mass is 32.2. The van der Waals surface area contributed by atoms with Crippen LogP contribution in [-0.2, 0) is 19.6 Å². The molecule has 2 rings (SSSR count). The van der Waals surface area contributed by atoms with Crippen molar-refractivity contribution in [3.63, 3.8) is 0 Å². The lowest BCUT2D eigenvalue weighted by Gasteiger charge is -2.15. The molecule has 0 bridgehead atoms. The number of hydrogen-bond donors (Lipinski definition) is 2. The molecule has 2 aromatic rings. The molecule has 0 saturated carbocycles. The summed E-state index contributed by atoms with van der Waals surface area (Å²) < 4.78 is 37.8. The fourth-order valence-electron chi connectivity index (χ4n) is 2.21. The minimum atomic E-state index is -4.01. The Labute approximate surface area is 152 Å². The lowest BCUT2D eigenvalue weighted by molar-refractivity contribution is -0.139. The predicted octanol–water partition coefficient (Wildman–Crippen LogP) is 2.21. The molecule has 0 aliphatic rings. The van der Waals surface area contributed by atoms with E-state index in [9.17, 15) is 18.3 Å². The molecule has 0 fully saturated rings. The van der Waals surface area contributed by atoms with Crippen LogP contribution in [-0.4, -0.2) is 39.3 Å². The third kappa shape index (κ3) is 5.55. The van der Waals surface area contributed by atoms with E-state index in [1.807, 2.05) is 6.92 Å². The van der Waals surface area contributed by atoms with Crippen molar-refractivity contribution in [3.05, 3.63) is 60.2 Å². The van der Waals surface area contributed by atoms with Gasteiger partial charge in [-0.15, -0.1) is 0 Å². The number of carboxylic acids is 1. The van der Waals surface area contributed by atoms with Gasteiger partial charge in [-0.05, 0) is 36.8 Å². The summed E-state index contributed by atoms with van der Waals surface area (Å²) in [5, 5.41) is 9.36. The zero-order valence-electron chi connectivity index (χ0n) is 14.3. The molecule has 26 heavy (non-hydrogen) atoms. The molecule has 140 valence electrons. The maximum Gasteiger partial charge on any atom is 0.326 e. The van der Waals surface area contributed by atoms with Crippen LogP contribution in [0.5, 0.6) is 5.75 Å². The van der Waals surface area contributed by atoms with Crippen molar-refractivity contribution in [1.82, 2.24) is 4.72 Å². The third-order valence-electron chi connectivity index (χ3n) is 3.49. The normalized spacial score (nSPS) is 12.5. The van der Waals surface area contributed by atoms with Gasteiger partial charge in [0.25, 0.3) is 0 Å². The molecular formula is C18H21NO6S. The second kappa shape index (κ2) is 9.33. The summed E-state index contributed by atoms with van der Waals surface area (Å²) in [4.78, 5) is 11.4. The second-order valence-corrected chi connectivity index (χ2v) is 7.03. The van der Waals surface area contributed by atoms with E-state index < -0.39 is 22.0 Å². The average Bonchev–Trinajstić information content (AvgIpc) is 2.64. The van der Waals surface area contributed by atoms with Crippen LogP contribution in [0.1, 0.15) is 18.5 Å². The SMILES string of the molecule is CCOCCOc1ccc(S(=O)(=O)N[C@@H](C(=O)O)c2ccccc2)cc1. The number of aliphatic carboxylic acids is 1. The molecule has 0 unspecified atom stereocenters. The predicted molar refractivity (Wildman–Crippen MR) is 95.6 cm³/mol. The molecule has 7 nitrogen and oxygen atoms in total.